The van der Waals surface area contributed by atoms with Crippen LogP contribution >= 0.6 is 0 Å². The van der Waals surface area contributed by atoms with E-state index in [-0.39, 0.29) is 0 Å². The van der Waals surface area contributed by atoms with Crippen LogP contribution in [0.5, 0.6) is 11.5 Å². The number of nitrogens with zero attached hydrogens (tertiary/aromatic N) is 1. The Morgan fingerprint density at radius 3 is 2.39 bits per heavy atom. The Morgan fingerprint density at radius 1 is 1.00 bits per heavy atom. The number of hydrogen-bond acceptors (Lipinski definition) is 3. The number of hydrogen-bond donors (Lipinski definition) is 0. The van der Waals surface area contributed by atoms with Gasteiger partial charge in [-0.3, -0.25) is 0 Å². The zero-order valence-electron chi connectivity index (χ0n) is 14.6. The van der Waals surface area contributed by atoms with E-state index in [1.165, 1.54) is 16.7 Å². The van der Waals surface area contributed by atoms with Gasteiger partial charge in [-0.2, -0.15) is 0 Å². The summed E-state index contributed by atoms with van der Waals surface area (Å²) in [6.07, 6.45) is 2.08. The molecule has 3 heteroatoms. The summed E-state index contributed by atoms with van der Waals surface area (Å²) in [5.41, 5.74) is 3.63. The molecule has 0 aromatic heterocycles. The van der Waals surface area contributed by atoms with Gasteiger partial charge >= 0.3 is 0 Å². The minimum atomic E-state index is 0.557. The first-order chi connectivity index (χ1) is 11.1. The highest BCUT2D eigenvalue weighted by Gasteiger charge is 2.11. The van der Waals surface area contributed by atoms with Crippen molar-refractivity contribution in [2.45, 2.75) is 26.4 Å². The van der Waals surface area contributed by atoms with E-state index in [0.29, 0.717) is 6.61 Å². The van der Waals surface area contributed by atoms with Crippen LogP contribution in [0.15, 0.2) is 42.5 Å². The van der Waals surface area contributed by atoms with Crippen LogP contribution in [0, 0.1) is 6.92 Å². The predicted octanol–water partition coefficient (Wildman–Crippen LogP) is 4.08. The van der Waals surface area contributed by atoms with Crippen LogP contribution in [-0.4, -0.2) is 32.6 Å². The van der Waals surface area contributed by atoms with Crippen LogP contribution in [0.4, 0.5) is 0 Å². The molecule has 0 fully saturated rings. The molecule has 0 aliphatic heterocycles. The summed E-state index contributed by atoms with van der Waals surface area (Å²) in [6.45, 7) is 3.71. The van der Waals surface area contributed by atoms with Crippen LogP contribution in [0.2, 0.25) is 0 Å². The second kappa shape index (κ2) is 8.59. The molecule has 0 aliphatic rings. The molecule has 2 aromatic rings. The molecule has 0 amide bonds. The predicted molar refractivity (Wildman–Crippen MR) is 95.4 cm³/mol. The molecule has 0 radical (unpaired) electrons. The first-order valence-electron chi connectivity index (χ1n) is 8.09. The minimum absolute atomic E-state index is 0.557. The number of ether oxygens (including phenoxy) is 2. The largest absolute Gasteiger partial charge is 0.493 e. The van der Waals surface area contributed by atoms with E-state index in [1.54, 1.807) is 7.11 Å². The molecule has 0 saturated heterocycles. The molecular formula is C20H27NO2. The quantitative estimate of drug-likeness (QED) is 0.733. The van der Waals surface area contributed by atoms with Crippen molar-refractivity contribution in [1.82, 2.24) is 4.90 Å². The molecule has 0 saturated carbocycles. The first-order valence-corrected chi connectivity index (χ1v) is 8.09. The smallest absolute Gasteiger partial charge is 0.164 e. The Morgan fingerprint density at radius 2 is 1.74 bits per heavy atom. The molecule has 0 spiro atoms. The van der Waals surface area contributed by atoms with Gasteiger partial charge in [0, 0.05) is 0 Å². The molecule has 3 nitrogen and oxygen atoms in total. The Kier molecular flexibility index (Phi) is 6.48. The summed E-state index contributed by atoms with van der Waals surface area (Å²) < 4.78 is 11.6. The SMILES string of the molecule is COc1cccc(CCCN(C)C)c1OCc1ccc(C)cc1. The molecule has 2 aromatic carbocycles. The van der Waals surface area contributed by atoms with E-state index >= 15 is 0 Å². The molecule has 0 atom stereocenters. The fourth-order valence-electron chi connectivity index (χ4n) is 2.51. The average molecular weight is 313 g/mol. The summed E-state index contributed by atoms with van der Waals surface area (Å²) in [5.74, 6) is 1.67. The normalized spacial score (nSPS) is 10.8. The van der Waals surface area contributed by atoms with E-state index < -0.39 is 0 Å². The van der Waals surface area contributed by atoms with Gasteiger partial charge in [0.05, 0.1) is 7.11 Å². The number of benzene rings is 2. The lowest BCUT2D eigenvalue weighted by Gasteiger charge is -2.16. The molecule has 0 unspecified atom stereocenters. The van der Waals surface area contributed by atoms with Gasteiger partial charge in [0.25, 0.3) is 0 Å². The van der Waals surface area contributed by atoms with Gasteiger partial charge in [0.2, 0.25) is 0 Å². The van der Waals surface area contributed by atoms with Crippen molar-refractivity contribution in [3.63, 3.8) is 0 Å². The van der Waals surface area contributed by atoms with Gasteiger partial charge in [0.15, 0.2) is 11.5 Å². The molecule has 0 bridgehead atoms. The van der Waals surface area contributed by atoms with Crippen molar-refractivity contribution in [1.29, 1.82) is 0 Å². The highest BCUT2D eigenvalue weighted by atomic mass is 16.5. The minimum Gasteiger partial charge on any atom is -0.493 e. The fraction of sp³-hybridized carbons (Fsp3) is 0.400. The molecule has 0 heterocycles. The third-order valence-electron chi connectivity index (χ3n) is 3.84. The maximum Gasteiger partial charge on any atom is 0.164 e. The van der Waals surface area contributed by atoms with Gasteiger partial charge in [0.1, 0.15) is 6.61 Å². The summed E-state index contributed by atoms with van der Waals surface area (Å²) >= 11 is 0. The van der Waals surface area contributed by atoms with E-state index in [1.807, 2.05) is 12.1 Å². The van der Waals surface area contributed by atoms with Crippen molar-refractivity contribution < 1.29 is 9.47 Å². The van der Waals surface area contributed by atoms with Crippen LogP contribution in [0.3, 0.4) is 0 Å². The zero-order chi connectivity index (χ0) is 16.7. The zero-order valence-corrected chi connectivity index (χ0v) is 14.6. The molecule has 124 valence electrons. The monoisotopic (exact) mass is 313 g/mol. The standard InChI is InChI=1S/C20H27NO2/c1-16-10-12-17(13-11-16)15-23-20-18(8-6-14-21(2)3)7-5-9-19(20)22-4/h5,7,9-13H,6,8,14-15H2,1-4H3. The van der Waals surface area contributed by atoms with Crippen LogP contribution in [-0.2, 0) is 13.0 Å². The Hall–Kier alpha value is -2.00. The van der Waals surface area contributed by atoms with Crippen molar-refractivity contribution >= 4 is 0 Å². The number of para-hydroxylation sites is 1. The average Bonchev–Trinajstić information content (AvgIpc) is 2.54. The highest BCUT2D eigenvalue weighted by molar-refractivity contribution is 5.46. The van der Waals surface area contributed by atoms with Gasteiger partial charge < -0.3 is 14.4 Å². The molecule has 2 rings (SSSR count). The van der Waals surface area contributed by atoms with Gasteiger partial charge in [-0.05, 0) is 57.6 Å². The Labute approximate surface area is 139 Å². The lowest BCUT2D eigenvalue weighted by Crippen LogP contribution is -2.13. The first kappa shape index (κ1) is 17.4. The van der Waals surface area contributed by atoms with E-state index in [4.69, 9.17) is 9.47 Å². The van der Waals surface area contributed by atoms with Gasteiger partial charge in [-0.25, -0.2) is 0 Å². The van der Waals surface area contributed by atoms with Crippen molar-refractivity contribution in [2.75, 3.05) is 27.7 Å². The Bertz CT molecular complexity index is 606. The van der Waals surface area contributed by atoms with E-state index in [2.05, 4.69) is 56.3 Å². The van der Waals surface area contributed by atoms with Gasteiger partial charge in [-0.15, -0.1) is 0 Å². The lowest BCUT2D eigenvalue weighted by atomic mass is 10.1. The molecule has 0 N–H and O–H groups in total. The van der Waals surface area contributed by atoms with Crippen molar-refractivity contribution in [2.24, 2.45) is 0 Å². The summed E-state index contributed by atoms with van der Waals surface area (Å²) in [5, 5.41) is 0. The second-order valence-corrected chi connectivity index (χ2v) is 6.13. The van der Waals surface area contributed by atoms with Crippen LogP contribution in [0.1, 0.15) is 23.1 Å². The number of methoxy groups -OCH3 is 1. The third kappa shape index (κ3) is 5.29. The second-order valence-electron chi connectivity index (χ2n) is 6.13. The summed E-state index contributed by atoms with van der Waals surface area (Å²) in [7, 11) is 5.89. The molecule has 0 aliphatic carbocycles. The molecule has 23 heavy (non-hydrogen) atoms. The van der Waals surface area contributed by atoms with Crippen molar-refractivity contribution in [3.8, 4) is 11.5 Å². The maximum atomic E-state index is 6.10. The van der Waals surface area contributed by atoms with Crippen LogP contribution < -0.4 is 9.47 Å². The number of aryl methyl sites for hydroxylation is 2. The lowest BCUT2D eigenvalue weighted by molar-refractivity contribution is 0.280. The van der Waals surface area contributed by atoms with Crippen LogP contribution in [0.25, 0.3) is 0 Å². The summed E-state index contributed by atoms with van der Waals surface area (Å²) in [6, 6.07) is 14.6. The van der Waals surface area contributed by atoms with Gasteiger partial charge in [-0.1, -0.05) is 42.0 Å². The van der Waals surface area contributed by atoms with E-state index in [9.17, 15) is 0 Å². The summed E-state index contributed by atoms with van der Waals surface area (Å²) in [4.78, 5) is 2.20. The number of rotatable bonds is 8. The topological polar surface area (TPSA) is 21.7 Å². The highest BCUT2D eigenvalue weighted by Crippen LogP contribution is 2.32. The molecular weight excluding hydrogens is 286 g/mol. The third-order valence-corrected chi connectivity index (χ3v) is 3.84. The Balaban J connectivity index is 2.09. The maximum absolute atomic E-state index is 6.10. The van der Waals surface area contributed by atoms with E-state index in [0.717, 1.165) is 30.9 Å². The van der Waals surface area contributed by atoms with Crippen molar-refractivity contribution in [3.05, 3.63) is 59.2 Å². The fourth-order valence-corrected chi connectivity index (χ4v) is 2.51.